The summed E-state index contributed by atoms with van der Waals surface area (Å²) < 4.78 is 5.46. The van der Waals surface area contributed by atoms with Crippen LogP contribution < -0.4 is 10.6 Å². The van der Waals surface area contributed by atoms with Crippen molar-refractivity contribution in [2.75, 3.05) is 39.4 Å². The highest BCUT2D eigenvalue weighted by molar-refractivity contribution is 7.09. The number of hydrogen-bond acceptors (Lipinski definition) is 4. The predicted octanol–water partition coefficient (Wildman–Crippen LogP) is 2.88. The van der Waals surface area contributed by atoms with Gasteiger partial charge in [-0.3, -0.25) is 4.90 Å². The van der Waals surface area contributed by atoms with Crippen molar-refractivity contribution in [2.24, 2.45) is 4.99 Å². The van der Waals surface area contributed by atoms with Gasteiger partial charge in [0.05, 0.1) is 19.8 Å². The van der Waals surface area contributed by atoms with Crippen molar-refractivity contribution in [3.63, 3.8) is 0 Å². The maximum Gasteiger partial charge on any atom is 0.191 e. The summed E-state index contributed by atoms with van der Waals surface area (Å²) in [5, 5.41) is 8.92. The molecule has 0 radical (unpaired) electrons. The third-order valence-corrected chi connectivity index (χ3v) is 5.55. The van der Waals surface area contributed by atoms with E-state index in [1.165, 1.54) is 16.0 Å². The summed E-state index contributed by atoms with van der Waals surface area (Å²) in [5.41, 5.74) is 2.65. The van der Waals surface area contributed by atoms with Gasteiger partial charge in [0, 0.05) is 37.6 Å². The van der Waals surface area contributed by atoms with E-state index in [0.29, 0.717) is 6.54 Å². The fourth-order valence-electron chi connectivity index (χ4n) is 3.13. The lowest BCUT2D eigenvalue weighted by molar-refractivity contribution is 0.0341. The minimum atomic E-state index is 0.689. The summed E-state index contributed by atoms with van der Waals surface area (Å²) in [4.78, 5) is 8.66. The van der Waals surface area contributed by atoms with E-state index in [2.05, 4.69) is 64.2 Å². The van der Waals surface area contributed by atoms with Crippen LogP contribution in [-0.2, 0) is 24.2 Å². The minimum Gasteiger partial charge on any atom is -0.379 e. The molecular weight excluding hydrogens is 356 g/mol. The molecule has 1 aromatic heterocycles. The summed E-state index contributed by atoms with van der Waals surface area (Å²) in [6.07, 6.45) is 1.02. The first-order valence-electron chi connectivity index (χ1n) is 9.76. The highest BCUT2D eigenvalue weighted by Crippen LogP contribution is 2.14. The van der Waals surface area contributed by atoms with Crippen LogP contribution in [0.25, 0.3) is 0 Å². The molecule has 1 aliphatic heterocycles. The molecule has 2 aromatic rings. The van der Waals surface area contributed by atoms with Crippen LogP contribution >= 0.6 is 11.3 Å². The van der Waals surface area contributed by atoms with Crippen LogP contribution in [0.2, 0.25) is 0 Å². The first-order chi connectivity index (χ1) is 13.3. The number of morpholine rings is 1. The van der Waals surface area contributed by atoms with Gasteiger partial charge in [0.1, 0.15) is 0 Å². The second-order valence-electron chi connectivity index (χ2n) is 6.61. The van der Waals surface area contributed by atoms with Gasteiger partial charge < -0.3 is 15.4 Å². The summed E-state index contributed by atoms with van der Waals surface area (Å²) >= 11 is 1.80. The van der Waals surface area contributed by atoms with Crippen molar-refractivity contribution in [3.05, 3.63) is 57.8 Å². The Bertz CT molecular complexity index is 696. The minimum absolute atomic E-state index is 0.689. The number of hydrogen-bond donors (Lipinski definition) is 2. The van der Waals surface area contributed by atoms with Crippen LogP contribution in [0.15, 0.2) is 46.8 Å². The Morgan fingerprint density at radius 1 is 1.11 bits per heavy atom. The molecule has 0 bridgehead atoms. The fourth-order valence-corrected chi connectivity index (χ4v) is 3.84. The summed E-state index contributed by atoms with van der Waals surface area (Å²) in [6, 6.07) is 12.9. The molecule has 146 valence electrons. The Hall–Kier alpha value is -1.89. The lowest BCUT2D eigenvalue weighted by Crippen LogP contribution is -2.38. The molecule has 5 nitrogen and oxygen atoms in total. The van der Waals surface area contributed by atoms with E-state index in [9.17, 15) is 0 Å². The Labute approximate surface area is 166 Å². The van der Waals surface area contributed by atoms with Crippen LogP contribution in [0.3, 0.4) is 0 Å². The van der Waals surface area contributed by atoms with Crippen LogP contribution in [0.1, 0.15) is 22.9 Å². The lowest BCUT2D eigenvalue weighted by atomic mass is 10.1. The summed E-state index contributed by atoms with van der Waals surface area (Å²) in [5.74, 6) is 0.884. The summed E-state index contributed by atoms with van der Waals surface area (Å²) in [7, 11) is 0. The number of nitrogens with one attached hydrogen (secondary N) is 2. The van der Waals surface area contributed by atoms with Crippen molar-refractivity contribution in [2.45, 2.75) is 26.4 Å². The monoisotopic (exact) mass is 386 g/mol. The highest BCUT2D eigenvalue weighted by atomic mass is 32.1. The van der Waals surface area contributed by atoms with Crippen LogP contribution in [0.5, 0.6) is 0 Å². The van der Waals surface area contributed by atoms with E-state index >= 15 is 0 Å². The third-order valence-electron chi connectivity index (χ3n) is 4.61. The topological polar surface area (TPSA) is 48.9 Å². The van der Waals surface area contributed by atoms with E-state index in [0.717, 1.165) is 58.3 Å². The zero-order chi connectivity index (χ0) is 18.7. The quantitative estimate of drug-likeness (QED) is 0.541. The van der Waals surface area contributed by atoms with E-state index in [-0.39, 0.29) is 0 Å². The molecule has 0 aliphatic carbocycles. The standard InChI is InChI=1S/C21H30N4OS/c1-2-22-21(23-10-9-20-8-5-15-27-20)24-16-18-6-3-4-7-19(18)17-25-11-13-26-14-12-25/h3-8,15H,2,9-14,16-17H2,1H3,(H2,22,23,24). The first kappa shape index (κ1) is 19.9. The molecule has 6 heteroatoms. The molecule has 2 heterocycles. The van der Waals surface area contributed by atoms with Crippen LogP contribution in [0.4, 0.5) is 0 Å². The zero-order valence-corrected chi connectivity index (χ0v) is 16.9. The van der Waals surface area contributed by atoms with E-state index in [1.54, 1.807) is 11.3 Å². The second-order valence-corrected chi connectivity index (χ2v) is 7.64. The molecule has 1 fully saturated rings. The number of nitrogens with zero attached hydrogens (tertiary/aromatic N) is 2. The number of benzene rings is 1. The van der Waals surface area contributed by atoms with Gasteiger partial charge in [-0.25, -0.2) is 4.99 Å². The normalized spacial score (nSPS) is 15.7. The fraction of sp³-hybridized carbons (Fsp3) is 0.476. The largest absolute Gasteiger partial charge is 0.379 e. The van der Waals surface area contributed by atoms with Crippen LogP contribution in [-0.4, -0.2) is 50.3 Å². The number of thiophene rings is 1. The van der Waals surface area contributed by atoms with Crippen molar-refractivity contribution in [1.82, 2.24) is 15.5 Å². The number of guanidine groups is 1. The van der Waals surface area contributed by atoms with Gasteiger partial charge in [0.25, 0.3) is 0 Å². The third kappa shape index (κ3) is 6.65. The molecule has 0 amide bonds. The number of rotatable bonds is 8. The van der Waals surface area contributed by atoms with Gasteiger partial charge in [-0.05, 0) is 35.9 Å². The molecule has 3 rings (SSSR count). The number of aliphatic imine (C=N–C) groups is 1. The lowest BCUT2D eigenvalue weighted by Gasteiger charge is -2.27. The Morgan fingerprint density at radius 3 is 2.67 bits per heavy atom. The molecule has 1 aromatic carbocycles. The van der Waals surface area contributed by atoms with Crippen molar-refractivity contribution in [3.8, 4) is 0 Å². The SMILES string of the molecule is CCNC(=NCc1ccccc1CN1CCOCC1)NCCc1cccs1. The maximum atomic E-state index is 5.46. The average molecular weight is 387 g/mol. The summed E-state index contributed by atoms with van der Waals surface area (Å²) in [6.45, 7) is 9.18. The Kier molecular flexibility index (Phi) is 8.14. The van der Waals surface area contributed by atoms with Gasteiger partial charge in [-0.1, -0.05) is 30.3 Å². The first-order valence-corrected chi connectivity index (χ1v) is 10.6. The Balaban J connectivity index is 1.57. The molecule has 2 N–H and O–H groups in total. The van der Waals surface area contributed by atoms with Gasteiger partial charge in [0.2, 0.25) is 0 Å². The average Bonchev–Trinajstić information content (AvgIpc) is 3.21. The van der Waals surface area contributed by atoms with E-state index in [4.69, 9.17) is 9.73 Å². The van der Waals surface area contributed by atoms with Gasteiger partial charge in [-0.15, -0.1) is 11.3 Å². The van der Waals surface area contributed by atoms with Gasteiger partial charge in [-0.2, -0.15) is 0 Å². The zero-order valence-electron chi connectivity index (χ0n) is 16.1. The van der Waals surface area contributed by atoms with E-state index < -0.39 is 0 Å². The molecule has 0 saturated carbocycles. The second kappa shape index (κ2) is 11.1. The molecule has 0 atom stereocenters. The maximum absolute atomic E-state index is 5.46. The highest BCUT2D eigenvalue weighted by Gasteiger charge is 2.12. The molecule has 1 saturated heterocycles. The molecule has 1 aliphatic rings. The molecule has 0 spiro atoms. The molecular formula is C21H30N4OS. The smallest absolute Gasteiger partial charge is 0.191 e. The Morgan fingerprint density at radius 2 is 1.93 bits per heavy atom. The van der Waals surface area contributed by atoms with Crippen LogP contribution in [0, 0.1) is 0 Å². The molecule has 0 unspecified atom stereocenters. The van der Waals surface area contributed by atoms with Crippen molar-refractivity contribution < 1.29 is 4.74 Å². The van der Waals surface area contributed by atoms with Crippen molar-refractivity contribution in [1.29, 1.82) is 0 Å². The number of ether oxygens (including phenoxy) is 1. The van der Waals surface area contributed by atoms with Crippen molar-refractivity contribution >= 4 is 17.3 Å². The predicted molar refractivity (Wildman–Crippen MR) is 113 cm³/mol. The van der Waals surface area contributed by atoms with Gasteiger partial charge >= 0.3 is 0 Å². The van der Waals surface area contributed by atoms with Gasteiger partial charge in [0.15, 0.2) is 5.96 Å². The molecule has 27 heavy (non-hydrogen) atoms. The van der Waals surface area contributed by atoms with E-state index in [1.807, 2.05) is 0 Å².